The van der Waals surface area contributed by atoms with Gasteiger partial charge in [0.15, 0.2) is 0 Å². The van der Waals surface area contributed by atoms with E-state index in [-0.39, 0.29) is 18.4 Å². The highest BCUT2D eigenvalue weighted by Gasteiger charge is 2.25. The normalized spacial score (nSPS) is 12.4. The maximum Gasteiger partial charge on any atom is 0.247 e. The fraction of sp³-hybridized carbons (Fsp3) is 0.375. The molecule has 0 aliphatic rings. The number of rotatable bonds is 13. The summed E-state index contributed by atoms with van der Waals surface area (Å²) in [5.41, 5.74) is 7.77. The van der Waals surface area contributed by atoms with Crippen molar-refractivity contribution >= 4 is 31.2 Å². The van der Waals surface area contributed by atoms with E-state index in [2.05, 4.69) is 16.0 Å². The summed E-state index contributed by atoms with van der Waals surface area (Å²) in [4.78, 5) is 36.7. The first-order chi connectivity index (χ1) is 15.9. The molecule has 33 heavy (non-hydrogen) atoms. The van der Waals surface area contributed by atoms with E-state index in [1.807, 2.05) is 30.3 Å². The third kappa shape index (κ3) is 9.47. The summed E-state index contributed by atoms with van der Waals surface area (Å²) < 4.78 is 4.76. The molecule has 2 radical (unpaired) electrons. The number of hydrogen-bond donors (Lipinski definition) is 4. The van der Waals surface area contributed by atoms with Crippen molar-refractivity contribution in [1.29, 1.82) is 0 Å². The maximum atomic E-state index is 13.1. The minimum Gasteiger partial charge on any atom is -0.470 e. The Bertz CT molecular complexity index is 893. The molecule has 0 saturated heterocycles. The first-order valence-corrected chi connectivity index (χ1v) is 11.0. The van der Waals surface area contributed by atoms with Crippen LogP contribution < -0.4 is 21.7 Å². The lowest BCUT2D eigenvalue weighted by atomic mass is 10.0. The topological polar surface area (TPSA) is 123 Å². The van der Waals surface area contributed by atoms with Crippen LogP contribution in [0.1, 0.15) is 30.4 Å². The van der Waals surface area contributed by atoms with Gasteiger partial charge in [-0.05, 0) is 49.7 Å². The number of carbonyl (C=O) groups excluding carboxylic acids is 3. The summed E-state index contributed by atoms with van der Waals surface area (Å²) in [5, 5.41) is 8.75. The van der Waals surface area contributed by atoms with Crippen LogP contribution in [0.25, 0.3) is 0 Å². The number of carbonyl (C=O) groups is 3. The Morgan fingerprint density at radius 2 is 1.64 bits per heavy atom. The molecular formula is C24H31BN4O4. The second kappa shape index (κ2) is 14.1. The van der Waals surface area contributed by atoms with E-state index >= 15 is 0 Å². The monoisotopic (exact) mass is 450 g/mol. The molecule has 174 valence electrons. The number of nitrogens with one attached hydrogen (secondary N) is 3. The molecule has 0 bridgehead atoms. The van der Waals surface area contributed by atoms with Gasteiger partial charge in [0.05, 0.1) is 6.04 Å². The molecule has 0 spiro atoms. The van der Waals surface area contributed by atoms with Crippen molar-refractivity contribution in [2.24, 2.45) is 5.73 Å². The fourth-order valence-corrected chi connectivity index (χ4v) is 3.30. The minimum absolute atomic E-state index is 0.0474. The van der Waals surface area contributed by atoms with Gasteiger partial charge in [-0.25, -0.2) is 0 Å². The van der Waals surface area contributed by atoms with Gasteiger partial charge in [0.1, 0.15) is 12.6 Å². The first kappa shape index (κ1) is 26.1. The molecule has 0 aromatic heterocycles. The van der Waals surface area contributed by atoms with Crippen molar-refractivity contribution < 1.29 is 19.1 Å². The summed E-state index contributed by atoms with van der Waals surface area (Å²) in [6.07, 6.45) is 2.63. The zero-order valence-corrected chi connectivity index (χ0v) is 18.9. The van der Waals surface area contributed by atoms with Gasteiger partial charge in [-0.15, -0.1) is 0 Å². The number of anilines is 1. The van der Waals surface area contributed by atoms with Crippen molar-refractivity contribution in [3.05, 3.63) is 65.7 Å². The molecular weight excluding hydrogens is 419 g/mol. The van der Waals surface area contributed by atoms with Crippen LogP contribution >= 0.6 is 0 Å². The third-order valence-electron chi connectivity index (χ3n) is 5.13. The van der Waals surface area contributed by atoms with E-state index in [1.54, 1.807) is 31.3 Å². The van der Waals surface area contributed by atoms with Gasteiger partial charge in [0.2, 0.25) is 25.5 Å². The van der Waals surface area contributed by atoms with Crippen LogP contribution in [0.15, 0.2) is 54.6 Å². The van der Waals surface area contributed by atoms with Gasteiger partial charge in [-0.2, -0.15) is 0 Å². The van der Waals surface area contributed by atoms with Crippen molar-refractivity contribution in [2.45, 2.75) is 44.4 Å². The second-order valence-corrected chi connectivity index (χ2v) is 7.67. The van der Waals surface area contributed by atoms with Gasteiger partial charge < -0.3 is 26.4 Å². The van der Waals surface area contributed by atoms with E-state index < -0.39 is 18.0 Å². The SMILES string of the molecule is [B]C(=O)OCc1ccc(NC(=O)[C@H](Cc2ccccc2)NC(=O)[C@H](CCCCN)NC)cc1. The van der Waals surface area contributed by atoms with Gasteiger partial charge in [-0.1, -0.05) is 48.9 Å². The fourth-order valence-electron chi connectivity index (χ4n) is 3.30. The number of likely N-dealkylation sites (N-methyl/N-ethyl adjacent to an activating group) is 1. The standard InChI is InChI=1S/C24H31BN4O4/c1-27-20(9-5-6-14-26)22(30)29-21(15-17-7-3-2-4-8-17)23(31)28-19-12-10-18(11-13-19)16-33-24(25)32/h2-4,7-8,10-13,20-21,27H,5-6,9,14-16,26H2,1H3,(H,28,31)(H,29,30)/t20-,21-/m0/s1. The third-order valence-corrected chi connectivity index (χ3v) is 5.13. The number of unbranched alkanes of at least 4 members (excludes halogenated alkanes) is 1. The molecule has 9 heteroatoms. The lowest BCUT2D eigenvalue weighted by molar-refractivity contribution is -0.128. The lowest BCUT2D eigenvalue weighted by Crippen LogP contribution is -2.51. The van der Waals surface area contributed by atoms with Crippen LogP contribution in [-0.2, 0) is 27.4 Å². The number of hydrogen-bond acceptors (Lipinski definition) is 6. The molecule has 0 heterocycles. The van der Waals surface area contributed by atoms with Crippen LogP contribution in [-0.4, -0.2) is 51.2 Å². The van der Waals surface area contributed by atoms with Crippen LogP contribution in [0, 0.1) is 0 Å². The Balaban J connectivity index is 2.08. The largest absolute Gasteiger partial charge is 0.470 e. The maximum absolute atomic E-state index is 13.1. The molecule has 2 rings (SSSR count). The summed E-state index contributed by atoms with van der Waals surface area (Å²) in [7, 11) is 6.70. The van der Waals surface area contributed by atoms with E-state index in [1.165, 1.54) is 0 Å². The highest BCUT2D eigenvalue weighted by Crippen LogP contribution is 2.13. The summed E-state index contributed by atoms with van der Waals surface area (Å²) in [5.74, 6) is -1.41. The Morgan fingerprint density at radius 1 is 0.939 bits per heavy atom. The van der Waals surface area contributed by atoms with Crippen LogP contribution in [0.4, 0.5) is 10.5 Å². The highest BCUT2D eigenvalue weighted by atomic mass is 16.5. The first-order valence-electron chi connectivity index (χ1n) is 11.0. The average molecular weight is 450 g/mol. The van der Waals surface area contributed by atoms with E-state index in [0.717, 1.165) is 24.0 Å². The van der Waals surface area contributed by atoms with Crippen LogP contribution in [0.2, 0.25) is 0 Å². The number of benzene rings is 2. The van der Waals surface area contributed by atoms with E-state index in [4.69, 9.17) is 18.3 Å². The Hall–Kier alpha value is -3.17. The van der Waals surface area contributed by atoms with Crippen molar-refractivity contribution in [1.82, 2.24) is 10.6 Å². The molecule has 0 unspecified atom stereocenters. The minimum atomic E-state index is -0.852. The van der Waals surface area contributed by atoms with Crippen molar-refractivity contribution in [3.8, 4) is 0 Å². The molecule has 0 aliphatic carbocycles. The zero-order chi connectivity index (χ0) is 24.1. The lowest BCUT2D eigenvalue weighted by Gasteiger charge is -2.22. The predicted molar refractivity (Wildman–Crippen MR) is 129 cm³/mol. The average Bonchev–Trinajstić information content (AvgIpc) is 2.81. The number of nitrogens with two attached hydrogens (primary N) is 1. The summed E-state index contributed by atoms with van der Waals surface area (Å²) in [6, 6.07) is 15.2. The summed E-state index contributed by atoms with van der Waals surface area (Å²) in [6.45, 7) is 0.621. The van der Waals surface area contributed by atoms with Crippen LogP contribution in [0.5, 0.6) is 0 Å². The van der Waals surface area contributed by atoms with Gasteiger partial charge in [0, 0.05) is 12.1 Å². The quantitative estimate of drug-likeness (QED) is 0.273. The van der Waals surface area contributed by atoms with Gasteiger partial charge in [-0.3, -0.25) is 14.4 Å². The molecule has 2 amide bonds. The van der Waals surface area contributed by atoms with Crippen LogP contribution in [0.3, 0.4) is 0 Å². The molecule has 0 fully saturated rings. The molecule has 0 aliphatic heterocycles. The zero-order valence-electron chi connectivity index (χ0n) is 18.9. The van der Waals surface area contributed by atoms with Crippen molar-refractivity contribution in [2.75, 3.05) is 18.9 Å². The molecule has 2 atom stereocenters. The predicted octanol–water partition coefficient (Wildman–Crippen LogP) is 1.87. The number of ether oxygens (including phenoxy) is 1. The Kier molecular flexibility index (Phi) is 11.1. The smallest absolute Gasteiger partial charge is 0.247 e. The van der Waals surface area contributed by atoms with Gasteiger partial charge in [0.25, 0.3) is 0 Å². The highest BCUT2D eigenvalue weighted by molar-refractivity contribution is 6.55. The molecule has 0 saturated carbocycles. The van der Waals surface area contributed by atoms with Crippen molar-refractivity contribution in [3.63, 3.8) is 0 Å². The van der Waals surface area contributed by atoms with Gasteiger partial charge >= 0.3 is 0 Å². The molecule has 5 N–H and O–H groups in total. The number of amides is 2. The summed E-state index contributed by atoms with van der Waals surface area (Å²) >= 11 is 0. The van der Waals surface area contributed by atoms with E-state index in [9.17, 15) is 14.4 Å². The molecule has 2 aromatic rings. The molecule has 8 nitrogen and oxygen atoms in total. The molecule has 2 aromatic carbocycles. The Labute approximate surface area is 196 Å². The Morgan fingerprint density at radius 3 is 2.24 bits per heavy atom. The van der Waals surface area contributed by atoms with E-state index in [0.29, 0.717) is 25.1 Å². The second-order valence-electron chi connectivity index (χ2n) is 7.67.